The second kappa shape index (κ2) is 3.39. The zero-order valence-electron chi connectivity index (χ0n) is 7.34. The van der Waals surface area contributed by atoms with Crippen molar-refractivity contribution >= 4 is 15.9 Å². The fraction of sp³-hybridized carbons (Fsp3) is 0.500. The molecule has 4 heteroatoms. The minimum absolute atomic E-state index is 0.249. The van der Waals surface area contributed by atoms with E-state index in [0.29, 0.717) is 6.01 Å². The van der Waals surface area contributed by atoms with E-state index in [1.807, 2.05) is 20.8 Å². The number of nitrogens with zero attached hydrogens (tertiary/aromatic N) is 2. The van der Waals surface area contributed by atoms with Gasteiger partial charge >= 0.3 is 6.01 Å². The molecule has 0 bridgehead atoms. The fourth-order valence-electron chi connectivity index (χ4n) is 0.643. The molecule has 0 unspecified atom stereocenters. The first-order valence-corrected chi connectivity index (χ1v) is 4.44. The molecule has 0 aliphatic heterocycles. The average Bonchev–Trinajstić information content (AvgIpc) is 1.82. The number of rotatable bonds is 1. The van der Waals surface area contributed by atoms with Crippen LogP contribution >= 0.6 is 15.9 Å². The van der Waals surface area contributed by atoms with Crippen molar-refractivity contribution in [1.29, 1.82) is 0 Å². The molecule has 0 saturated heterocycles. The lowest BCUT2D eigenvalue weighted by molar-refractivity contribution is 0.116. The smallest absolute Gasteiger partial charge is 0.317 e. The van der Waals surface area contributed by atoms with Gasteiger partial charge in [0.2, 0.25) is 0 Å². The van der Waals surface area contributed by atoms with Crippen molar-refractivity contribution in [3.63, 3.8) is 0 Å². The largest absolute Gasteiger partial charge is 0.458 e. The van der Waals surface area contributed by atoms with E-state index in [4.69, 9.17) is 4.74 Å². The Morgan fingerprint density at radius 3 is 2.58 bits per heavy atom. The first-order chi connectivity index (χ1) is 5.47. The van der Waals surface area contributed by atoms with Crippen molar-refractivity contribution in [2.45, 2.75) is 26.4 Å². The highest BCUT2D eigenvalue weighted by Crippen LogP contribution is 2.14. The van der Waals surface area contributed by atoms with Crippen LogP contribution < -0.4 is 4.74 Å². The maximum absolute atomic E-state index is 5.43. The monoisotopic (exact) mass is 230 g/mol. The zero-order valence-corrected chi connectivity index (χ0v) is 8.92. The van der Waals surface area contributed by atoms with Crippen molar-refractivity contribution in [2.24, 2.45) is 0 Å². The Hall–Kier alpha value is -0.640. The molecule has 0 aliphatic carbocycles. The van der Waals surface area contributed by atoms with Crippen LogP contribution in [0.25, 0.3) is 0 Å². The predicted octanol–water partition coefficient (Wildman–Crippen LogP) is 2.42. The van der Waals surface area contributed by atoms with Crippen LogP contribution in [-0.4, -0.2) is 15.6 Å². The van der Waals surface area contributed by atoms with Crippen molar-refractivity contribution in [3.8, 4) is 6.01 Å². The molecule has 0 atom stereocenters. The molecule has 0 spiro atoms. The summed E-state index contributed by atoms with van der Waals surface area (Å²) >= 11 is 3.24. The molecule has 0 N–H and O–H groups in total. The van der Waals surface area contributed by atoms with Gasteiger partial charge in [0.05, 0.1) is 0 Å². The van der Waals surface area contributed by atoms with E-state index in [2.05, 4.69) is 25.9 Å². The van der Waals surface area contributed by atoms with Gasteiger partial charge in [-0.1, -0.05) is 0 Å². The number of hydrogen-bond acceptors (Lipinski definition) is 3. The van der Waals surface area contributed by atoms with Gasteiger partial charge in [-0.25, -0.2) is 4.98 Å². The molecule has 66 valence electrons. The predicted molar refractivity (Wildman–Crippen MR) is 50.1 cm³/mol. The molecular weight excluding hydrogens is 220 g/mol. The van der Waals surface area contributed by atoms with E-state index in [-0.39, 0.29) is 5.60 Å². The summed E-state index contributed by atoms with van der Waals surface area (Å²) in [6.45, 7) is 5.87. The van der Waals surface area contributed by atoms with E-state index in [9.17, 15) is 0 Å². The standard InChI is InChI=1S/C8H11BrN2O/c1-8(2,3)12-7-10-5-4-6(9)11-7/h4-5H,1-3H3. The first-order valence-electron chi connectivity index (χ1n) is 3.65. The normalized spacial score (nSPS) is 11.3. The van der Waals surface area contributed by atoms with Gasteiger partial charge in [-0.05, 0) is 42.8 Å². The molecule has 1 aromatic rings. The van der Waals surface area contributed by atoms with Crippen molar-refractivity contribution in [3.05, 3.63) is 16.9 Å². The number of halogens is 1. The molecule has 1 rings (SSSR count). The third-order valence-corrected chi connectivity index (χ3v) is 1.44. The van der Waals surface area contributed by atoms with Gasteiger partial charge in [-0.3, -0.25) is 0 Å². The molecule has 0 radical (unpaired) electrons. The highest BCUT2D eigenvalue weighted by molar-refractivity contribution is 9.10. The van der Waals surface area contributed by atoms with Crippen LogP contribution in [0.3, 0.4) is 0 Å². The third-order valence-electron chi connectivity index (χ3n) is 0.997. The molecule has 1 heterocycles. The van der Waals surface area contributed by atoms with E-state index < -0.39 is 0 Å². The SMILES string of the molecule is CC(C)(C)Oc1nccc(Br)n1. The summed E-state index contributed by atoms with van der Waals surface area (Å²) in [7, 11) is 0. The van der Waals surface area contributed by atoms with Gasteiger partial charge in [-0.2, -0.15) is 4.98 Å². The summed E-state index contributed by atoms with van der Waals surface area (Å²) in [4.78, 5) is 8.00. The summed E-state index contributed by atoms with van der Waals surface area (Å²) in [5.41, 5.74) is -0.249. The Balaban J connectivity index is 2.77. The van der Waals surface area contributed by atoms with Crippen molar-refractivity contribution in [1.82, 2.24) is 9.97 Å². The first kappa shape index (κ1) is 9.45. The minimum Gasteiger partial charge on any atom is -0.458 e. The Bertz CT molecular complexity index is 270. The fourth-order valence-corrected chi connectivity index (χ4v) is 0.913. The third kappa shape index (κ3) is 3.17. The van der Waals surface area contributed by atoms with E-state index >= 15 is 0 Å². The molecule has 0 saturated carbocycles. The molecule has 0 fully saturated rings. The summed E-state index contributed by atoms with van der Waals surface area (Å²) in [6.07, 6.45) is 1.65. The van der Waals surface area contributed by atoms with Gasteiger partial charge in [0.25, 0.3) is 0 Å². The lowest BCUT2D eigenvalue weighted by Crippen LogP contribution is -2.24. The zero-order chi connectivity index (χ0) is 9.19. The van der Waals surface area contributed by atoms with Gasteiger partial charge in [0.1, 0.15) is 10.2 Å². The summed E-state index contributed by atoms with van der Waals surface area (Å²) in [5, 5.41) is 0. The maximum Gasteiger partial charge on any atom is 0.317 e. The van der Waals surface area contributed by atoms with Crippen LogP contribution in [0, 0.1) is 0 Å². The Morgan fingerprint density at radius 1 is 1.42 bits per heavy atom. The summed E-state index contributed by atoms with van der Waals surface area (Å²) in [6, 6.07) is 2.16. The van der Waals surface area contributed by atoms with Crippen LogP contribution in [0.5, 0.6) is 6.01 Å². The Kier molecular flexibility index (Phi) is 2.67. The van der Waals surface area contributed by atoms with Crippen LogP contribution in [0.2, 0.25) is 0 Å². The van der Waals surface area contributed by atoms with Crippen LogP contribution in [0.4, 0.5) is 0 Å². The second-order valence-electron chi connectivity index (χ2n) is 3.38. The lowest BCUT2D eigenvalue weighted by Gasteiger charge is -2.18. The van der Waals surface area contributed by atoms with Crippen molar-refractivity contribution in [2.75, 3.05) is 0 Å². The maximum atomic E-state index is 5.43. The van der Waals surface area contributed by atoms with Crippen LogP contribution in [-0.2, 0) is 0 Å². The van der Waals surface area contributed by atoms with E-state index in [0.717, 1.165) is 4.60 Å². The van der Waals surface area contributed by atoms with Crippen LogP contribution in [0.15, 0.2) is 16.9 Å². The molecule has 0 aliphatic rings. The highest BCUT2D eigenvalue weighted by atomic mass is 79.9. The van der Waals surface area contributed by atoms with E-state index in [1.54, 1.807) is 12.3 Å². The minimum atomic E-state index is -0.249. The van der Waals surface area contributed by atoms with E-state index in [1.165, 1.54) is 0 Å². The molecule has 12 heavy (non-hydrogen) atoms. The summed E-state index contributed by atoms with van der Waals surface area (Å²) in [5.74, 6) is 0. The quantitative estimate of drug-likeness (QED) is 0.696. The highest BCUT2D eigenvalue weighted by Gasteiger charge is 2.13. The van der Waals surface area contributed by atoms with Crippen molar-refractivity contribution < 1.29 is 4.74 Å². The number of hydrogen-bond donors (Lipinski definition) is 0. The Labute approximate surface area is 80.3 Å². The van der Waals surface area contributed by atoms with Gasteiger partial charge in [0, 0.05) is 6.20 Å². The van der Waals surface area contributed by atoms with Crippen LogP contribution in [0.1, 0.15) is 20.8 Å². The second-order valence-corrected chi connectivity index (χ2v) is 4.19. The number of ether oxygens (including phenoxy) is 1. The Morgan fingerprint density at radius 2 is 2.08 bits per heavy atom. The molecule has 3 nitrogen and oxygen atoms in total. The molecular formula is C8H11BrN2O. The van der Waals surface area contributed by atoms with Gasteiger partial charge in [0.15, 0.2) is 0 Å². The molecule has 0 aromatic carbocycles. The summed E-state index contributed by atoms with van der Waals surface area (Å²) < 4.78 is 6.16. The average molecular weight is 231 g/mol. The van der Waals surface area contributed by atoms with Gasteiger partial charge < -0.3 is 4.74 Å². The number of aromatic nitrogens is 2. The molecule has 0 amide bonds. The topological polar surface area (TPSA) is 35.0 Å². The van der Waals surface area contributed by atoms with Gasteiger partial charge in [-0.15, -0.1) is 0 Å². The molecule has 1 aromatic heterocycles. The lowest BCUT2D eigenvalue weighted by atomic mass is 10.2.